The van der Waals surface area contributed by atoms with Gasteiger partial charge in [0.05, 0.1) is 10.6 Å². The highest BCUT2D eigenvalue weighted by Crippen LogP contribution is 2.34. The third-order valence-electron chi connectivity index (χ3n) is 6.43. The molecule has 2 amide bonds. The Kier molecular flexibility index (Phi) is 9.05. The number of halogens is 2. The Morgan fingerprint density at radius 3 is 2.07 bits per heavy atom. The molecule has 3 aromatic rings. The van der Waals surface area contributed by atoms with Crippen LogP contribution in [-0.2, 0) is 26.2 Å². The van der Waals surface area contributed by atoms with Crippen LogP contribution >= 0.6 is 0 Å². The summed E-state index contributed by atoms with van der Waals surface area (Å²) in [5.41, 5.74) is -0.0335. The van der Waals surface area contributed by atoms with Gasteiger partial charge in [-0.1, -0.05) is 12.1 Å². The van der Waals surface area contributed by atoms with Crippen LogP contribution in [0.2, 0.25) is 0 Å². The van der Waals surface area contributed by atoms with Crippen LogP contribution in [0.1, 0.15) is 33.3 Å². The number of benzene rings is 3. The molecule has 0 radical (unpaired) electrons. The van der Waals surface area contributed by atoms with E-state index in [1.54, 1.807) is 20.8 Å². The smallest absolute Gasteiger partial charge is 0.264 e. The molecule has 12 heteroatoms. The Hall–Kier alpha value is -4.19. The first-order valence-corrected chi connectivity index (χ1v) is 14.7. The van der Waals surface area contributed by atoms with Gasteiger partial charge in [0.1, 0.15) is 37.4 Å². The van der Waals surface area contributed by atoms with Crippen molar-refractivity contribution >= 4 is 27.5 Å². The average Bonchev–Trinajstić information content (AvgIpc) is 2.94. The molecule has 0 aromatic heterocycles. The number of carbonyl (C=O) groups excluding carboxylic acids is 2. The third kappa shape index (κ3) is 7.35. The SMILES string of the molecule is C[C@H](C(=O)NC(C)(C)C)N(Cc1ccc(F)cc1)C(=O)CN(c1ccc(F)cc1)S(=O)(=O)c1ccc2c(c1)OCCO2. The lowest BCUT2D eigenvalue weighted by atomic mass is 10.1. The molecule has 0 unspecified atom stereocenters. The monoisotopic (exact) mass is 601 g/mol. The highest BCUT2D eigenvalue weighted by molar-refractivity contribution is 7.92. The molecule has 9 nitrogen and oxygen atoms in total. The molecule has 42 heavy (non-hydrogen) atoms. The van der Waals surface area contributed by atoms with Gasteiger partial charge in [-0.25, -0.2) is 17.2 Å². The van der Waals surface area contributed by atoms with E-state index in [4.69, 9.17) is 9.47 Å². The number of rotatable bonds is 9. The number of amides is 2. The van der Waals surface area contributed by atoms with E-state index in [1.165, 1.54) is 66.4 Å². The topological polar surface area (TPSA) is 105 Å². The van der Waals surface area contributed by atoms with Crippen molar-refractivity contribution in [2.45, 2.75) is 50.7 Å². The van der Waals surface area contributed by atoms with Crippen molar-refractivity contribution in [1.29, 1.82) is 0 Å². The Balaban J connectivity index is 1.72. The lowest BCUT2D eigenvalue weighted by molar-refractivity contribution is -0.140. The fourth-order valence-electron chi connectivity index (χ4n) is 4.29. The van der Waals surface area contributed by atoms with Gasteiger partial charge in [-0.2, -0.15) is 0 Å². The molecule has 1 heterocycles. The molecule has 0 saturated carbocycles. The van der Waals surface area contributed by atoms with Crippen molar-refractivity contribution in [3.8, 4) is 11.5 Å². The normalized spacial score (nSPS) is 13.7. The molecule has 0 aliphatic carbocycles. The van der Waals surface area contributed by atoms with E-state index in [1.807, 2.05) is 0 Å². The van der Waals surface area contributed by atoms with Crippen molar-refractivity contribution in [1.82, 2.24) is 10.2 Å². The van der Waals surface area contributed by atoms with E-state index in [0.717, 1.165) is 16.4 Å². The largest absolute Gasteiger partial charge is 0.486 e. The van der Waals surface area contributed by atoms with Crippen molar-refractivity contribution < 1.29 is 36.3 Å². The first-order valence-electron chi connectivity index (χ1n) is 13.3. The summed E-state index contributed by atoms with van der Waals surface area (Å²) in [5, 5.41) is 2.83. The summed E-state index contributed by atoms with van der Waals surface area (Å²) in [6.45, 7) is 6.65. The van der Waals surface area contributed by atoms with Gasteiger partial charge in [0.2, 0.25) is 11.8 Å². The highest BCUT2D eigenvalue weighted by Gasteiger charge is 2.34. The van der Waals surface area contributed by atoms with Crippen LogP contribution < -0.4 is 19.1 Å². The predicted octanol–water partition coefficient (Wildman–Crippen LogP) is 4.26. The number of sulfonamides is 1. The number of hydrogen-bond acceptors (Lipinski definition) is 6. The Morgan fingerprint density at radius 1 is 0.905 bits per heavy atom. The van der Waals surface area contributed by atoms with Crippen LogP contribution in [0.3, 0.4) is 0 Å². The summed E-state index contributed by atoms with van der Waals surface area (Å²) in [6, 6.07) is 13.2. The third-order valence-corrected chi connectivity index (χ3v) is 8.20. The van der Waals surface area contributed by atoms with Crippen molar-refractivity contribution in [2.24, 2.45) is 0 Å². The van der Waals surface area contributed by atoms with Crippen LogP contribution in [0.15, 0.2) is 71.6 Å². The second-order valence-corrected chi connectivity index (χ2v) is 12.7. The van der Waals surface area contributed by atoms with Gasteiger partial charge in [0.15, 0.2) is 11.5 Å². The van der Waals surface area contributed by atoms with Gasteiger partial charge in [-0.3, -0.25) is 13.9 Å². The van der Waals surface area contributed by atoms with Gasteiger partial charge in [0, 0.05) is 18.2 Å². The van der Waals surface area contributed by atoms with Gasteiger partial charge >= 0.3 is 0 Å². The van der Waals surface area contributed by atoms with E-state index in [9.17, 15) is 26.8 Å². The molecule has 1 atom stereocenters. The summed E-state index contributed by atoms with van der Waals surface area (Å²) in [4.78, 5) is 28.1. The molecule has 0 fully saturated rings. The first-order chi connectivity index (χ1) is 19.7. The average molecular weight is 602 g/mol. The van der Waals surface area contributed by atoms with Crippen LogP contribution in [0.25, 0.3) is 0 Å². The lowest BCUT2D eigenvalue weighted by Gasteiger charge is -2.33. The summed E-state index contributed by atoms with van der Waals surface area (Å²) >= 11 is 0. The van der Waals surface area contributed by atoms with Crippen molar-refractivity contribution in [3.05, 3.63) is 83.9 Å². The summed E-state index contributed by atoms with van der Waals surface area (Å²) in [7, 11) is -4.40. The molecule has 4 rings (SSSR count). The van der Waals surface area contributed by atoms with E-state index in [2.05, 4.69) is 5.32 Å². The van der Waals surface area contributed by atoms with E-state index in [0.29, 0.717) is 17.9 Å². The van der Waals surface area contributed by atoms with Gasteiger partial charge in [0.25, 0.3) is 10.0 Å². The Bertz CT molecular complexity index is 1540. The fraction of sp³-hybridized carbons (Fsp3) is 0.333. The Labute approximate surface area is 244 Å². The molecular weight excluding hydrogens is 568 g/mol. The number of fused-ring (bicyclic) bond motifs is 1. The summed E-state index contributed by atoms with van der Waals surface area (Å²) in [5.74, 6) is -1.61. The second kappa shape index (κ2) is 12.4. The quantitative estimate of drug-likeness (QED) is 0.393. The predicted molar refractivity (Wildman–Crippen MR) is 153 cm³/mol. The maximum absolute atomic E-state index is 14.0. The zero-order valence-corrected chi connectivity index (χ0v) is 24.6. The van der Waals surface area contributed by atoms with Crippen LogP contribution in [0.4, 0.5) is 14.5 Å². The van der Waals surface area contributed by atoms with Gasteiger partial charge in [-0.15, -0.1) is 0 Å². The van der Waals surface area contributed by atoms with E-state index in [-0.39, 0.29) is 29.5 Å². The molecular formula is C30H33F2N3O6S. The molecule has 224 valence electrons. The Morgan fingerprint density at radius 2 is 1.48 bits per heavy atom. The molecule has 1 N–H and O–H groups in total. The van der Waals surface area contributed by atoms with Gasteiger partial charge in [-0.05, 0) is 81.8 Å². The minimum atomic E-state index is -4.40. The van der Waals surface area contributed by atoms with Crippen LogP contribution in [0, 0.1) is 11.6 Å². The highest BCUT2D eigenvalue weighted by atomic mass is 32.2. The molecule has 0 saturated heterocycles. The molecule has 1 aliphatic rings. The molecule has 0 spiro atoms. The first kappa shape index (κ1) is 30.8. The molecule has 3 aromatic carbocycles. The van der Waals surface area contributed by atoms with Crippen molar-refractivity contribution in [2.75, 3.05) is 24.1 Å². The summed E-state index contributed by atoms with van der Waals surface area (Å²) in [6.07, 6.45) is 0. The second-order valence-electron chi connectivity index (χ2n) is 10.9. The number of anilines is 1. The number of nitrogens with zero attached hydrogens (tertiary/aromatic N) is 2. The number of ether oxygens (including phenoxy) is 2. The fourth-order valence-corrected chi connectivity index (χ4v) is 5.72. The minimum Gasteiger partial charge on any atom is -0.486 e. The zero-order valence-electron chi connectivity index (χ0n) is 23.8. The number of hydrogen-bond donors (Lipinski definition) is 1. The van der Waals surface area contributed by atoms with Crippen LogP contribution in [-0.4, -0.2) is 56.5 Å². The zero-order chi connectivity index (χ0) is 30.7. The maximum Gasteiger partial charge on any atom is 0.264 e. The molecule has 0 bridgehead atoms. The maximum atomic E-state index is 14.0. The lowest BCUT2D eigenvalue weighted by Crippen LogP contribution is -2.54. The van der Waals surface area contributed by atoms with E-state index >= 15 is 0 Å². The van der Waals surface area contributed by atoms with Crippen LogP contribution in [0.5, 0.6) is 11.5 Å². The molecule has 1 aliphatic heterocycles. The standard InChI is InChI=1S/C30H33F2N3O6S/c1-20(29(37)33-30(2,3)4)34(18-21-5-7-22(31)8-6-21)28(36)19-35(24-11-9-23(32)10-12-24)42(38,39)25-13-14-26-27(17-25)41-16-15-40-26/h5-14,17,20H,15-16,18-19H2,1-4H3,(H,33,37)/t20-/m1/s1. The van der Waals surface area contributed by atoms with Crippen molar-refractivity contribution in [3.63, 3.8) is 0 Å². The number of nitrogens with one attached hydrogen (secondary N) is 1. The number of carbonyl (C=O) groups is 2. The summed E-state index contributed by atoms with van der Waals surface area (Å²) < 4.78 is 67.3. The minimum absolute atomic E-state index is 0.0353. The van der Waals surface area contributed by atoms with Gasteiger partial charge < -0.3 is 19.7 Å². The van der Waals surface area contributed by atoms with E-state index < -0.39 is 51.6 Å².